The summed E-state index contributed by atoms with van der Waals surface area (Å²) >= 11 is 1.66. The molecule has 15 heavy (non-hydrogen) atoms. The minimum absolute atomic E-state index is 0.107. The van der Waals surface area contributed by atoms with Crippen LogP contribution in [0.2, 0.25) is 0 Å². The Labute approximate surface area is 95.6 Å². The van der Waals surface area contributed by atoms with Gasteiger partial charge < -0.3 is 10.4 Å². The van der Waals surface area contributed by atoms with Crippen molar-refractivity contribution in [1.82, 2.24) is 10.3 Å². The van der Waals surface area contributed by atoms with Gasteiger partial charge in [-0.2, -0.15) is 0 Å². The lowest BCUT2D eigenvalue weighted by atomic mass is 9.99. The van der Waals surface area contributed by atoms with Gasteiger partial charge in [0.25, 0.3) is 0 Å². The van der Waals surface area contributed by atoms with Crippen molar-refractivity contribution >= 4 is 11.3 Å². The first kappa shape index (κ1) is 12.6. The predicted molar refractivity (Wildman–Crippen MR) is 64.1 cm³/mol. The zero-order chi connectivity index (χ0) is 11.3. The van der Waals surface area contributed by atoms with Crippen molar-refractivity contribution < 1.29 is 5.11 Å². The third-order valence-corrected chi connectivity index (χ3v) is 3.85. The Hall–Kier alpha value is -0.450. The Bertz CT molecular complexity index is 276. The van der Waals surface area contributed by atoms with E-state index in [-0.39, 0.29) is 11.6 Å². The zero-order valence-electron chi connectivity index (χ0n) is 9.66. The Balaban J connectivity index is 2.61. The number of aliphatic hydroxyl groups excluding tert-OH is 1. The number of aliphatic hydroxyl groups is 1. The van der Waals surface area contributed by atoms with Gasteiger partial charge in [0.2, 0.25) is 0 Å². The molecule has 4 heteroatoms. The fraction of sp³-hybridized carbons (Fsp3) is 0.727. The fourth-order valence-corrected chi connectivity index (χ4v) is 2.18. The molecule has 2 atom stereocenters. The van der Waals surface area contributed by atoms with Crippen LogP contribution in [0, 0.1) is 0 Å². The largest absolute Gasteiger partial charge is 0.392 e. The molecule has 1 rings (SSSR count). The highest BCUT2D eigenvalue weighted by atomic mass is 32.1. The van der Waals surface area contributed by atoms with E-state index >= 15 is 0 Å². The van der Waals surface area contributed by atoms with E-state index in [1.807, 2.05) is 18.5 Å². The second-order valence-corrected chi connectivity index (χ2v) is 4.86. The average molecular weight is 228 g/mol. The van der Waals surface area contributed by atoms with E-state index in [1.165, 1.54) is 0 Å². The molecule has 3 nitrogen and oxygen atoms in total. The summed E-state index contributed by atoms with van der Waals surface area (Å²) in [6.45, 7) is 6.88. The van der Waals surface area contributed by atoms with Gasteiger partial charge in [-0.25, -0.2) is 4.98 Å². The van der Waals surface area contributed by atoms with E-state index in [0.717, 1.165) is 17.8 Å². The van der Waals surface area contributed by atoms with Crippen LogP contribution in [-0.2, 0) is 5.54 Å². The van der Waals surface area contributed by atoms with Crippen LogP contribution in [0.3, 0.4) is 0 Å². The lowest BCUT2D eigenvalue weighted by Gasteiger charge is -2.28. The van der Waals surface area contributed by atoms with Gasteiger partial charge in [0.05, 0.1) is 11.6 Å². The molecule has 0 saturated carbocycles. The van der Waals surface area contributed by atoms with Crippen LogP contribution in [-0.4, -0.2) is 22.7 Å². The molecule has 0 fully saturated rings. The number of nitrogens with one attached hydrogen (secondary N) is 1. The second-order valence-electron chi connectivity index (χ2n) is 3.97. The lowest BCUT2D eigenvalue weighted by molar-refractivity contribution is 0.151. The third-order valence-electron chi connectivity index (χ3n) is 2.81. The summed E-state index contributed by atoms with van der Waals surface area (Å²) in [6.07, 6.45) is 3.31. The molecule has 1 unspecified atom stereocenters. The number of rotatable bonds is 6. The minimum atomic E-state index is -0.268. The standard InChI is InChI=1S/C11H20N2OS/c1-4-9(14)8-13-11(3,5-2)10-12-6-7-15-10/h6-7,9,13-14H,4-5,8H2,1-3H3/t9-,11?/m1/s1. The Kier molecular flexibility index (Phi) is 4.70. The highest BCUT2D eigenvalue weighted by Gasteiger charge is 2.26. The van der Waals surface area contributed by atoms with Crippen molar-refractivity contribution in [3.05, 3.63) is 16.6 Å². The molecular formula is C11H20N2OS. The molecule has 2 N–H and O–H groups in total. The molecule has 0 aliphatic rings. The van der Waals surface area contributed by atoms with Crippen molar-refractivity contribution in [2.75, 3.05) is 6.54 Å². The summed E-state index contributed by atoms with van der Waals surface area (Å²) < 4.78 is 0. The van der Waals surface area contributed by atoms with Gasteiger partial charge in [-0.05, 0) is 19.8 Å². The smallest absolute Gasteiger partial charge is 0.112 e. The van der Waals surface area contributed by atoms with E-state index in [2.05, 4.69) is 24.1 Å². The van der Waals surface area contributed by atoms with Crippen molar-refractivity contribution in [2.45, 2.75) is 45.3 Å². The summed E-state index contributed by atoms with van der Waals surface area (Å²) in [5.74, 6) is 0. The zero-order valence-corrected chi connectivity index (χ0v) is 10.5. The maximum Gasteiger partial charge on any atom is 0.112 e. The highest BCUT2D eigenvalue weighted by molar-refractivity contribution is 7.09. The summed E-state index contributed by atoms with van der Waals surface area (Å²) in [6, 6.07) is 0. The quantitative estimate of drug-likeness (QED) is 0.784. The molecule has 1 heterocycles. The van der Waals surface area contributed by atoms with Crippen LogP contribution in [0.1, 0.15) is 38.6 Å². The number of hydrogen-bond acceptors (Lipinski definition) is 4. The van der Waals surface area contributed by atoms with Crippen LogP contribution in [0.4, 0.5) is 0 Å². The molecule has 0 aliphatic carbocycles. The number of nitrogens with zero attached hydrogens (tertiary/aromatic N) is 1. The van der Waals surface area contributed by atoms with Gasteiger partial charge in [-0.1, -0.05) is 13.8 Å². The molecule has 0 spiro atoms. The fourth-order valence-electron chi connectivity index (χ4n) is 1.34. The van der Waals surface area contributed by atoms with Crippen LogP contribution in [0.5, 0.6) is 0 Å². The molecule has 1 aromatic rings. The van der Waals surface area contributed by atoms with E-state index in [1.54, 1.807) is 11.3 Å². The summed E-state index contributed by atoms with van der Waals surface area (Å²) in [7, 11) is 0. The first-order valence-corrected chi connectivity index (χ1v) is 6.33. The Morgan fingerprint density at radius 2 is 2.33 bits per heavy atom. The minimum Gasteiger partial charge on any atom is -0.392 e. The summed E-state index contributed by atoms with van der Waals surface area (Å²) in [5, 5.41) is 16.0. The molecule has 0 aromatic carbocycles. The average Bonchev–Trinajstić information content (AvgIpc) is 2.79. The van der Waals surface area contributed by atoms with Crippen molar-refractivity contribution in [2.24, 2.45) is 0 Å². The second kappa shape index (κ2) is 5.58. The normalized spacial score (nSPS) is 17.3. The summed E-state index contributed by atoms with van der Waals surface area (Å²) in [5.41, 5.74) is -0.107. The van der Waals surface area contributed by atoms with Crippen LogP contribution >= 0.6 is 11.3 Å². The van der Waals surface area contributed by atoms with Crippen molar-refractivity contribution in [3.8, 4) is 0 Å². The number of hydrogen-bond donors (Lipinski definition) is 2. The molecule has 0 amide bonds. The lowest BCUT2D eigenvalue weighted by Crippen LogP contribution is -2.42. The maximum absolute atomic E-state index is 9.53. The molecule has 0 aliphatic heterocycles. The van der Waals surface area contributed by atoms with Gasteiger partial charge in [0, 0.05) is 18.1 Å². The Morgan fingerprint density at radius 1 is 1.60 bits per heavy atom. The van der Waals surface area contributed by atoms with Gasteiger partial charge in [0.15, 0.2) is 0 Å². The topological polar surface area (TPSA) is 45.1 Å². The van der Waals surface area contributed by atoms with Gasteiger partial charge in [0.1, 0.15) is 5.01 Å². The summed E-state index contributed by atoms with van der Waals surface area (Å²) in [4.78, 5) is 4.34. The van der Waals surface area contributed by atoms with Gasteiger partial charge >= 0.3 is 0 Å². The van der Waals surface area contributed by atoms with Gasteiger partial charge in [-0.3, -0.25) is 0 Å². The first-order chi connectivity index (χ1) is 7.12. The number of aromatic nitrogens is 1. The Morgan fingerprint density at radius 3 is 2.80 bits per heavy atom. The molecule has 0 saturated heterocycles. The van der Waals surface area contributed by atoms with E-state index in [9.17, 15) is 5.11 Å². The molecule has 1 aromatic heterocycles. The van der Waals surface area contributed by atoms with E-state index < -0.39 is 0 Å². The molecular weight excluding hydrogens is 208 g/mol. The SMILES string of the molecule is CC[C@@H](O)CNC(C)(CC)c1nccs1. The number of thiazole rings is 1. The molecule has 0 bridgehead atoms. The molecule has 0 radical (unpaired) electrons. The van der Waals surface area contributed by atoms with Crippen molar-refractivity contribution in [1.29, 1.82) is 0 Å². The predicted octanol–water partition coefficient (Wildman–Crippen LogP) is 2.13. The van der Waals surface area contributed by atoms with Gasteiger partial charge in [-0.15, -0.1) is 11.3 Å². The van der Waals surface area contributed by atoms with Crippen LogP contribution < -0.4 is 5.32 Å². The monoisotopic (exact) mass is 228 g/mol. The van der Waals surface area contributed by atoms with Crippen LogP contribution in [0.25, 0.3) is 0 Å². The highest BCUT2D eigenvalue weighted by Crippen LogP contribution is 2.25. The maximum atomic E-state index is 9.53. The van der Waals surface area contributed by atoms with E-state index in [0.29, 0.717) is 6.54 Å². The molecule has 86 valence electrons. The van der Waals surface area contributed by atoms with E-state index in [4.69, 9.17) is 0 Å². The third kappa shape index (κ3) is 3.26. The first-order valence-electron chi connectivity index (χ1n) is 5.45. The van der Waals surface area contributed by atoms with Crippen LogP contribution in [0.15, 0.2) is 11.6 Å². The van der Waals surface area contributed by atoms with Crippen molar-refractivity contribution in [3.63, 3.8) is 0 Å².